The standard InChI is InChI=1S/C17H24N2O2/c1-3-18-10-12-19(13-11-18)17(21)9-8-16(20)15-6-4-14(2)5-7-15/h4-7H,3,8-13H2,1-2H3. The Morgan fingerprint density at radius 2 is 1.62 bits per heavy atom. The van der Waals surface area contributed by atoms with E-state index in [2.05, 4.69) is 11.8 Å². The number of aryl methyl sites for hydroxylation is 1. The van der Waals surface area contributed by atoms with E-state index in [0.29, 0.717) is 18.4 Å². The highest BCUT2D eigenvalue weighted by Crippen LogP contribution is 2.10. The molecule has 0 unspecified atom stereocenters. The average Bonchev–Trinajstić information content (AvgIpc) is 2.53. The van der Waals surface area contributed by atoms with Crippen LogP contribution in [-0.2, 0) is 4.79 Å². The highest BCUT2D eigenvalue weighted by atomic mass is 16.2. The smallest absolute Gasteiger partial charge is 0.223 e. The van der Waals surface area contributed by atoms with Gasteiger partial charge in [-0.1, -0.05) is 36.8 Å². The molecule has 2 rings (SSSR count). The number of piperazine rings is 1. The third-order valence-electron chi connectivity index (χ3n) is 4.11. The van der Waals surface area contributed by atoms with E-state index in [0.717, 1.165) is 38.3 Å². The molecule has 4 heteroatoms. The summed E-state index contributed by atoms with van der Waals surface area (Å²) in [5, 5.41) is 0. The van der Waals surface area contributed by atoms with Crippen molar-refractivity contribution in [2.45, 2.75) is 26.7 Å². The van der Waals surface area contributed by atoms with Crippen LogP contribution in [0.3, 0.4) is 0 Å². The molecule has 1 saturated heterocycles. The van der Waals surface area contributed by atoms with Crippen LogP contribution in [0.2, 0.25) is 0 Å². The minimum Gasteiger partial charge on any atom is -0.340 e. The summed E-state index contributed by atoms with van der Waals surface area (Å²) in [5.74, 6) is 0.154. The van der Waals surface area contributed by atoms with Crippen LogP contribution in [0, 0.1) is 6.92 Å². The molecule has 0 radical (unpaired) electrons. The lowest BCUT2D eigenvalue weighted by Crippen LogP contribution is -2.48. The Bertz CT molecular complexity index is 488. The third kappa shape index (κ3) is 4.39. The van der Waals surface area contributed by atoms with E-state index in [9.17, 15) is 9.59 Å². The van der Waals surface area contributed by atoms with Crippen molar-refractivity contribution in [2.24, 2.45) is 0 Å². The number of rotatable bonds is 5. The third-order valence-corrected chi connectivity index (χ3v) is 4.11. The second kappa shape index (κ2) is 7.36. The molecule has 1 aromatic carbocycles. The van der Waals surface area contributed by atoms with Crippen molar-refractivity contribution in [1.29, 1.82) is 0 Å². The molecule has 0 N–H and O–H groups in total. The zero-order chi connectivity index (χ0) is 15.2. The van der Waals surface area contributed by atoms with Crippen molar-refractivity contribution in [3.05, 3.63) is 35.4 Å². The van der Waals surface area contributed by atoms with E-state index in [-0.39, 0.29) is 11.7 Å². The minimum atomic E-state index is 0.0514. The quantitative estimate of drug-likeness (QED) is 0.779. The zero-order valence-corrected chi connectivity index (χ0v) is 13.0. The summed E-state index contributed by atoms with van der Waals surface area (Å²) in [4.78, 5) is 28.4. The van der Waals surface area contributed by atoms with Gasteiger partial charge in [0, 0.05) is 44.6 Å². The topological polar surface area (TPSA) is 40.6 Å². The first-order valence-electron chi connectivity index (χ1n) is 7.70. The highest BCUT2D eigenvalue weighted by molar-refractivity contribution is 5.97. The summed E-state index contributed by atoms with van der Waals surface area (Å²) in [6.45, 7) is 8.61. The van der Waals surface area contributed by atoms with Crippen LogP contribution in [0.4, 0.5) is 0 Å². The van der Waals surface area contributed by atoms with Crippen molar-refractivity contribution < 1.29 is 9.59 Å². The molecular weight excluding hydrogens is 264 g/mol. The van der Waals surface area contributed by atoms with Gasteiger partial charge in [0.05, 0.1) is 0 Å². The summed E-state index contributed by atoms with van der Waals surface area (Å²) < 4.78 is 0. The molecule has 4 nitrogen and oxygen atoms in total. The van der Waals surface area contributed by atoms with Crippen molar-refractivity contribution >= 4 is 11.7 Å². The van der Waals surface area contributed by atoms with Crippen LogP contribution in [0.5, 0.6) is 0 Å². The van der Waals surface area contributed by atoms with E-state index in [1.165, 1.54) is 0 Å². The zero-order valence-electron chi connectivity index (χ0n) is 13.0. The van der Waals surface area contributed by atoms with E-state index < -0.39 is 0 Å². The summed E-state index contributed by atoms with van der Waals surface area (Å²) in [6, 6.07) is 7.53. The number of hydrogen-bond acceptors (Lipinski definition) is 3. The Morgan fingerprint density at radius 1 is 1.00 bits per heavy atom. The Balaban J connectivity index is 1.78. The van der Waals surface area contributed by atoms with Crippen molar-refractivity contribution in [3.63, 3.8) is 0 Å². The van der Waals surface area contributed by atoms with Gasteiger partial charge in [0.25, 0.3) is 0 Å². The lowest BCUT2D eigenvalue weighted by Gasteiger charge is -2.34. The first-order valence-corrected chi connectivity index (χ1v) is 7.70. The Labute approximate surface area is 126 Å². The maximum absolute atomic E-state index is 12.1. The summed E-state index contributed by atoms with van der Waals surface area (Å²) in [7, 11) is 0. The Hall–Kier alpha value is -1.68. The van der Waals surface area contributed by atoms with Crippen LogP contribution < -0.4 is 0 Å². The molecule has 1 aromatic rings. The number of benzene rings is 1. The van der Waals surface area contributed by atoms with Crippen LogP contribution in [0.1, 0.15) is 35.7 Å². The number of amides is 1. The summed E-state index contributed by atoms with van der Waals surface area (Å²) in [5.41, 5.74) is 1.83. The van der Waals surface area contributed by atoms with Crippen LogP contribution in [-0.4, -0.2) is 54.2 Å². The van der Waals surface area contributed by atoms with Gasteiger partial charge in [-0.3, -0.25) is 9.59 Å². The molecule has 1 fully saturated rings. The van der Waals surface area contributed by atoms with E-state index in [1.807, 2.05) is 36.1 Å². The first kappa shape index (κ1) is 15.7. The van der Waals surface area contributed by atoms with E-state index in [1.54, 1.807) is 0 Å². The molecule has 0 atom stereocenters. The number of carbonyl (C=O) groups excluding carboxylic acids is 2. The second-order valence-electron chi connectivity index (χ2n) is 5.60. The highest BCUT2D eigenvalue weighted by Gasteiger charge is 2.20. The predicted molar refractivity (Wildman–Crippen MR) is 83.4 cm³/mol. The van der Waals surface area contributed by atoms with Gasteiger partial charge < -0.3 is 9.80 Å². The second-order valence-corrected chi connectivity index (χ2v) is 5.60. The fraction of sp³-hybridized carbons (Fsp3) is 0.529. The Morgan fingerprint density at radius 3 is 2.19 bits per heavy atom. The Kier molecular flexibility index (Phi) is 5.51. The van der Waals surface area contributed by atoms with Crippen molar-refractivity contribution in [2.75, 3.05) is 32.7 Å². The van der Waals surface area contributed by atoms with Gasteiger partial charge in [0.15, 0.2) is 5.78 Å². The lowest BCUT2D eigenvalue weighted by atomic mass is 10.0. The number of ketones is 1. The maximum Gasteiger partial charge on any atom is 0.223 e. The molecule has 1 aliphatic heterocycles. The van der Waals surface area contributed by atoms with Gasteiger partial charge in [-0.05, 0) is 13.5 Å². The van der Waals surface area contributed by atoms with Gasteiger partial charge in [0.2, 0.25) is 5.91 Å². The van der Waals surface area contributed by atoms with E-state index in [4.69, 9.17) is 0 Å². The first-order chi connectivity index (χ1) is 10.1. The number of Topliss-reactive ketones (excluding diaryl/α,β-unsaturated/α-hetero) is 1. The summed E-state index contributed by atoms with van der Waals surface area (Å²) >= 11 is 0. The number of hydrogen-bond donors (Lipinski definition) is 0. The molecule has 0 bridgehead atoms. The largest absolute Gasteiger partial charge is 0.340 e. The monoisotopic (exact) mass is 288 g/mol. The van der Waals surface area contributed by atoms with Gasteiger partial charge in [-0.15, -0.1) is 0 Å². The van der Waals surface area contributed by atoms with Crippen molar-refractivity contribution in [3.8, 4) is 0 Å². The van der Waals surface area contributed by atoms with Gasteiger partial charge >= 0.3 is 0 Å². The van der Waals surface area contributed by atoms with Gasteiger partial charge in [-0.2, -0.15) is 0 Å². The normalized spacial score (nSPS) is 16.0. The molecule has 21 heavy (non-hydrogen) atoms. The molecule has 1 aliphatic rings. The SMILES string of the molecule is CCN1CCN(C(=O)CCC(=O)c2ccc(C)cc2)CC1. The predicted octanol–water partition coefficient (Wildman–Crippen LogP) is 2.12. The van der Waals surface area contributed by atoms with Gasteiger partial charge in [0.1, 0.15) is 0 Å². The van der Waals surface area contributed by atoms with Gasteiger partial charge in [-0.25, -0.2) is 0 Å². The number of carbonyl (C=O) groups is 2. The van der Waals surface area contributed by atoms with Crippen LogP contribution in [0.25, 0.3) is 0 Å². The fourth-order valence-corrected chi connectivity index (χ4v) is 2.58. The van der Waals surface area contributed by atoms with Crippen LogP contribution >= 0.6 is 0 Å². The number of likely N-dealkylation sites (N-methyl/N-ethyl adjacent to an activating group) is 1. The lowest BCUT2D eigenvalue weighted by molar-refractivity contribution is -0.132. The fourth-order valence-electron chi connectivity index (χ4n) is 2.58. The maximum atomic E-state index is 12.1. The minimum absolute atomic E-state index is 0.0514. The molecule has 114 valence electrons. The number of nitrogens with zero attached hydrogens (tertiary/aromatic N) is 2. The van der Waals surface area contributed by atoms with E-state index >= 15 is 0 Å². The van der Waals surface area contributed by atoms with Crippen LogP contribution in [0.15, 0.2) is 24.3 Å². The molecule has 0 aromatic heterocycles. The molecule has 1 heterocycles. The summed E-state index contributed by atoms with van der Waals surface area (Å²) in [6.07, 6.45) is 0.620. The molecule has 1 amide bonds. The molecule has 0 aliphatic carbocycles. The van der Waals surface area contributed by atoms with Crippen molar-refractivity contribution in [1.82, 2.24) is 9.80 Å². The molecule has 0 saturated carbocycles. The average molecular weight is 288 g/mol. The molecular formula is C17H24N2O2. The molecule has 0 spiro atoms.